The SMILES string of the molecule is Cc1nn(C2CCN(C(=O)OC(C)(C)C)CC2)c(C(F)(F)F)c1-c1cc(N2CCOC[C@H]2C)nc2c(Br)cnn12. The van der Waals surface area contributed by atoms with Crippen LogP contribution >= 0.6 is 15.9 Å². The maximum absolute atomic E-state index is 14.8. The highest BCUT2D eigenvalue weighted by Gasteiger charge is 2.43. The Morgan fingerprint density at radius 3 is 2.50 bits per heavy atom. The highest BCUT2D eigenvalue weighted by molar-refractivity contribution is 9.10. The van der Waals surface area contributed by atoms with Gasteiger partial charge in [0.1, 0.15) is 11.4 Å². The van der Waals surface area contributed by atoms with Gasteiger partial charge in [-0.2, -0.15) is 23.4 Å². The number of carbonyl (C=O) groups is 1. The number of likely N-dealkylation sites (tertiary alicyclic amines) is 1. The lowest BCUT2D eigenvalue weighted by atomic mass is 10.0. The Morgan fingerprint density at radius 2 is 1.88 bits per heavy atom. The maximum atomic E-state index is 14.8. The molecule has 5 heterocycles. The number of nitrogens with zero attached hydrogens (tertiary/aromatic N) is 7. The van der Waals surface area contributed by atoms with Gasteiger partial charge in [0.25, 0.3) is 0 Å². The Morgan fingerprint density at radius 1 is 1.18 bits per heavy atom. The molecule has 0 aliphatic carbocycles. The molecule has 1 atom stereocenters. The van der Waals surface area contributed by atoms with E-state index in [4.69, 9.17) is 14.5 Å². The fourth-order valence-corrected chi connectivity index (χ4v) is 5.67. The molecule has 218 valence electrons. The third-order valence-corrected chi connectivity index (χ3v) is 7.71. The van der Waals surface area contributed by atoms with E-state index < -0.39 is 29.6 Å². The molecule has 0 radical (unpaired) electrons. The quantitative estimate of drug-likeness (QED) is 0.380. The second kappa shape index (κ2) is 10.5. The van der Waals surface area contributed by atoms with Gasteiger partial charge < -0.3 is 19.3 Å². The van der Waals surface area contributed by atoms with Crippen LogP contribution in [0.25, 0.3) is 16.9 Å². The van der Waals surface area contributed by atoms with Crippen LogP contribution in [-0.4, -0.2) is 79.9 Å². The monoisotopic (exact) mass is 627 g/mol. The van der Waals surface area contributed by atoms with Crippen LogP contribution in [0.5, 0.6) is 0 Å². The summed E-state index contributed by atoms with van der Waals surface area (Å²) in [6, 6.07) is 1.12. The molecule has 0 aromatic carbocycles. The molecule has 1 amide bonds. The Hall–Kier alpha value is -2.87. The summed E-state index contributed by atoms with van der Waals surface area (Å²) >= 11 is 3.45. The Kier molecular flexibility index (Phi) is 7.53. The number of morpholine rings is 1. The van der Waals surface area contributed by atoms with Crippen LogP contribution in [-0.2, 0) is 15.7 Å². The first kappa shape index (κ1) is 28.7. The molecule has 3 aromatic rings. The standard InChI is InChI=1S/C26H33BrF3N7O3/c1-15-14-39-11-10-35(15)20-12-19(37-23(32-20)18(27)13-31-37)21-16(2)33-36(22(21)26(28,29)30)17-6-8-34(9-7-17)24(38)40-25(3,4)5/h12-13,15,17H,6-11,14H2,1-5H3/t15-/m1/s1. The minimum atomic E-state index is -4.69. The molecule has 14 heteroatoms. The number of amides is 1. The van der Waals surface area contributed by atoms with Crippen molar-refractivity contribution in [1.82, 2.24) is 29.3 Å². The number of rotatable bonds is 3. The minimum Gasteiger partial charge on any atom is -0.444 e. The van der Waals surface area contributed by atoms with E-state index in [2.05, 4.69) is 26.1 Å². The van der Waals surface area contributed by atoms with Crippen LogP contribution in [0.4, 0.5) is 23.8 Å². The lowest BCUT2D eigenvalue weighted by Crippen LogP contribution is -2.44. The molecule has 2 saturated heterocycles. The molecule has 2 aliphatic heterocycles. The smallest absolute Gasteiger partial charge is 0.433 e. The van der Waals surface area contributed by atoms with E-state index in [-0.39, 0.29) is 36.1 Å². The predicted molar refractivity (Wildman–Crippen MR) is 145 cm³/mol. The van der Waals surface area contributed by atoms with Gasteiger partial charge in [0, 0.05) is 25.7 Å². The fourth-order valence-electron chi connectivity index (χ4n) is 5.33. The van der Waals surface area contributed by atoms with Gasteiger partial charge in [0.2, 0.25) is 0 Å². The minimum absolute atomic E-state index is 0.000638. The number of halogens is 4. The van der Waals surface area contributed by atoms with Gasteiger partial charge in [0.05, 0.1) is 52.9 Å². The molecular weight excluding hydrogens is 595 g/mol. The van der Waals surface area contributed by atoms with E-state index >= 15 is 0 Å². The lowest BCUT2D eigenvalue weighted by Gasteiger charge is -2.34. The van der Waals surface area contributed by atoms with E-state index in [1.807, 2.05) is 11.8 Å². The van der Waals surface area contributed by atoms with Crippen molar-refractivity contribution < 1.29 is 27.4 Å². The molecule has 3 aromatic heterocycles. The van der Waals surface area contributed by atoms with Gasteiger partial charge in [-0.25, -0.2) is 14.3 Å². The van der Waals surface area contributed by atoms with Crippen molar-refractivity contribution in [2.45, 2.75) is 71.3 Å². The number of carbonyl (C=O) groups excluding carboxylic acids is 1. The highest BCUT2D eigenvalue weighted by Crippen LogP contribution is 2.43. The summed E-state index contributed by atoms with van der Waals surface area (Å²) in [6.07, 6.45) is -2.99. The zero-order valence-corrected chi connectivity index (χ0v) is 24.7. The number of anilines is 1. The number of hydrogen-bond acceptors (Lipinski definition) is 7. The van der Waals surface area contributed by atoms with E-state index in [9.17, 15) is 18.0 Å². The zero-order chi connectivity index (χ0) is 29.0. The predicted octanol–water partition coefficient (Wildman–Crippen LogP) is 5.48. The largest absolute Gasteiger partial charge is 0.444 e. The van der Waals surface area contributed by atoms with Gasteiger partial charge in [0.15, 0.2) is 11.3 Å². The average Bonchev–Trinajstić information content (AvgIpc) is 3.43. The molecule has 40 heavy (non-hydrogen) atoms. The third-order valence-electron chi connectivity index (χ3n) is 7.15. The van der Waals surface area contributed by atoms with E-state index in [0.29, 0.717) is 48.5 Å². The van der Waals surface area contributed by atoms with Gasteiger partial charge in [-0.1, -0.05) is 0 Å². The normalized spacial score (nSPS) is 19.5. The molecule has 0 unspecified atom stereocenters. The number of ether oxygens (including phenoxy) is 2. The molecule has 10 nitrogen and oxygen atoms in total. The summed E-state index contributed by atoms with van der Waals surface area (Å²) in [5, 5.41) is 8.78. The van der Waals surface area contributed by atoms with Crippen molar-refractivity contribution >= 4 is 33.5 Å². The van der Waals surface area contributed by atoms with Crippen molar-refractivity contribution in [3.8, 4) is 11.3 Å². The second-order valence-electron chi connectivity index (χ2n) is 11.3. The second-order valence-corrected chi connectivity index (χ2v) is 12.1. The summed E-state index contributed by atoms with van der Waals surface area (Å²) in [6.45, 7) is 11.0. The van der Waals surface area contributed by atoms with Crippen LogP contribution < -0.4 is 4.90 Å². The number of aryl methyl sites for hydroxylation is 1. The molecule has 5 rings (SSSR count). The third kappa shape index (κ3) is 5.52. The van der Waals surface area contributed by atoms with Crippen molar-refractivity contribution in [1.29, 1.82) is 0 Å². The Bertz CT molecular complexity index is 1410. The van der Waals surface area contributed by atoms with Gasteiger partial charge in [-0.05, 0) is 63.4 Å². The van der Waals surface area contributed by atoms with E-state index in [0.717, 1.165) is 4.68 Å². The van der Waals surface area contributed by atoms with Crippen LogP contribution in [0.1, 0.15) is 58.0 Å². The van der Waals surface area contributed by atoms with Crippen molar-refractivity contribution in [3.63, 3.8) is 0 Å². The lowest BCUT2D eigenvalue weighted by molar-refractivity contribution is -0.144. The van der Waals surface area contributed by atoms with Gasteiger partial charge >= 0.3 is 12.3 Å². The first-order valence-corrected chi connectivity index (χ1v) is 14.1. The van der Waals surface area contributed by atoms with E-state index in [1.165, 1.54) is 15.6 Å². The number of piperidine rings is 1. The van der Waals surface area contributed by atoms with Crippen molar-refractivity contribution in [3.05, 3.63) is 28.1 Å². The molecule has 2 fully saturated rings. The highest BCUT2D eigenvalue weighted by atomic mass is 79.9. The molecule has 2 aliphatic rings. The summed E-state index contributed by atoms with van der Waals surface area (Å²) < 4.78 is 58.6. The maximum Gasteiger partial charge on any atom is 0.433 e. The summed E-state index contributed by atoms with van der Waals surface area (Å²) in [7, 11) is 0. The summed E-state index contributed by atoms with van der Waals surface area (Å²) in [5.74, 6) is 0.547. The summed E-state index contributed by atoms with van der Waals surface area (Å²) in [5.41, 5.74) is -0.612. The van der Waals surface area contributed by atoms with Crippen molar-refractivity contribution in [2.75, 3.05) is 37.7 Å². The summed E-state index contributed by atoms with van der Waals surface area (Å²) in [4.78, 5) is 20.8. The number of aromatic nitrogens is 5. The molecule has 0 spiro atoms. The fraction of sp³-hybridized carbons (Fsp3) is 0.615. The van der Waals surface area contributed by atoms with Gasteiger partial charge in [-0.3, -0.25) is 4.68 Å². The zero-order valence-electron chi connectivity index (χ0n) is 23.1. The van der Waals surface area contributed by atoms with Crippen LogP contribution in [0.3, 0.4) is 0 Å². The molecule has 0 saturated carbocycles. The van der Waals surface area contributed by atoms with E-state index in [1.54, 1.807) is 33.8 Å². The number of fused-ring (bicyclic) bond motifs is 1. The Balaban J connectivity index is 1.56. The first-order chi connectivity index (χ1) is 18.7. The topological polar surface area (TPSA) is 90.0 Å². The number of hydrogen-bond donors (Lipinski definition) is 0. The Labute approximate surface area is 238 Å². The molecular formula is C26H33BrF3N7O3. The first-order valence-electron chi connectivity index (χ1n) is 13.3. The average molecular weight is 628 g/mol. The van der Waals surface area contributed by atoms with Crippen LogP contribution in [0, 0.1) is 6.92 Å². The van der Waals surface area contributed by atoms with Gasteiger partial charge in [-0.15, -0.1) is 0 Å². The van der Waals surface area contributed by atoms with Crippen LogP contribution in [0.15, 0.2) is 16.7 Å². The molecule has 0 bridgehead atoms. The number of alkyl halides is 3. The molecule has 0 N–H and O–H groups in total. The van der Waals surface area contributed by atoms with Crippen molar-refractivity contribution in [2.24, 2.45) is 0 Å². The van der Waals surface area contributed by atoms with Crippen LogP contribution in [0.2, 0.25) is 0 Å².